The molecule has 2 N–H and O–H groups in total. The average Bonchev–Trinajstić information content (AvgIpc) is 2.44. The highest BCUT2D eigenvalue weighted by atomic mass is 35.5. The van der Waals surface area contributed by atoms with Crippen molar-refractivity contribution in [3.63, 3.8) is 0 Å². The van der Waals surface area contributed by atoms with Crippen LogP contribution >= 0.6 is 11.6 Å². The zero-order chi connectivity index (χ0) is 16.3. The van der Waals surface area contributed by atoms with Crippen molar-refractivity contribution in [3.05, 3.63) is 40.4 Å². The van der Waals surface area contributed by atoms with Crippen molar-refractivity contribution in [1.29, 1.82) is 0 Å². The van der Waals surface area contributed by atoms with Crippen LogP contribution in [0.3, 0.4) is 0 Å². The van der Waals surface area contributed by atoms with Crippen LogP contribution in [-0.4, -0.2) is 24.4 Å². The molecule has 1 aromatic carbocycles. The Balaban J connectivity index is 2.19. The molecule has 118 valence electrons. The summed E-state index contributed by atoms with van der Waals surface area (Å²) in [5, 5.41) is 11.5. The van der Waals surface area contributed by atoms with Gasteiger partial charge in [0.2, 0.25) is 10.0 Å². The van der Waals surface area contributed by atoms with Gasteiger partial charge in [-0.15, -0.1) is 10.2 Å². The van der Waals surface area contributed by atoms with Crippen molar-refractivity contribution >= 4 is 38.9 Å². The summed E-state index contributed by atoms with van der Waals surface area (Å²) in [6.07, 6.45) is 0. The number of benzene rings is 1. The Morgan fingerprint density at radius 1 is 1.14 bits per heavy atom. The largest absolute Gasteiger partial charge is 0.337 e. The molecule has 0 aliphatic rings. The Bertz CT molecular complexity index is 753. The fourth-order valence-corrected chi connectivity index (χ4v) is 2.83. The highest BCUT2D eigenvalue weighted by molar-refractivity contribution is 7.92. The maximum Gasteiger partial charge on any atom is 0.233 e. The lowest BCUT2D eigenvalue weighted by Gasteiger charge is -2.12. The number of rotatable bonds is 5. The Morgan fingerprint density at radius 3 is 2.32 bits per heavy atom. The molecule has 1 aromatic heterocycles. The average molecular weight is 341 g/mol. The van der Waals surface area contributed by atoms with Gasteiger partial charge in [0.15, 0.2) is 11.6 Å². The third-order valence-electron chi connectivity index (χ3n) is 2.99. The SMILES string of the molecule is CCS(=O)(=O)Nc1ccc(Nc2c(C)cc(C)cc2Cl)nn1. The van der Waals surface area contributed by atoms with Gasteiger partial charge in [0, 0.05) is 0 Å². The van der Waals surface area contributed by atoms with Crippen LogP contribution in [0.2, 0.25) is 5.02 Å². The highest BCUT2D eigenvalue weighted by Gasteiger charge is 2.10. The molecule has 0 amide bonds. The van der Waals surface area contributed by atoms with Gasteiger partial charge in [-0.3, -0.25) is 4.72 Å². The maximum absolute atomic E-state index is 11.5. The van der Waals surface area contributed by atoms with Crippen LogP contribution in [0.4, 0.5) is 17.3 Å². The van der Waals surface area contributed by atoms with E-state index in [1.54, 1.807) is 19.1 Å². The number of nitrogens with zero attached hydrogens (tertiary/aromatic N) is 2. The van der Waals surface area contributed by atoms with Crippen LogP contribution in [0, 0.1) is 13.8 Å². The van der Waals surface area contributed by atoms with Gasteiger partial charge in [0.05, 0.1) is 16.5 Å². The first-order valence-electron chi connectivity index (χ1n) is 6.68. The maximum atomic E-state index is 11.5. The van der Waals surface area contributed by atoms with Gasteiger partial charge in [-0.1, -0.05) is 17.7 Å². The molecule has 2 rings (SSSR count). The smallest absolute Gasteiger partial charge is 0.233 e. The van der Waals surface area contributed by atoms with Crippen molar-refractivity contribution in [3.8, 4) is 0 Å². The summed E-state index contributed by atoms with van der Waals surface area (Å²) in [6.45, 7) is 5.46. The standard InChI is InChI=1S/C14H17ClN4O2S/c1-4-22(20,21)19-13-6-5-12(17-18-13)16-14-10(3)7-9(2)8-11(14)15/h5-8H,4H2,1-3H3,(H,16,17)(H,18,19). The van der Waals surface area contributed by atoms with Crippen LogP contribution in [-0.2, 0) is 10.0 Å². The monoisotopic (exact) mass is 340 g/mol. The third kappa shape index (κ3) is 4.08. The van der Waals surface area contributed by atoms with E-state index in [0.29, 0.717) is 10.8 Å². The molecular formula is C14H17ClN4O2S. The highest BCUT2D eigenvalue weighted by Crippen LogP contribution is 2.29. The number of aromatic nitrogens is 2. The molecular weight excluding hydrogens is 324 g/mol. The zero-order valence-corrected chi connectivity index (χ0v) is 14.1. The van der Waals surface area contributed by atoms with Gasteiger partial charge < -0.3 is 5.32 Å². The molecule has 8 heteroatoms. The Hall–Kier alpha value is -1.86. The number of sulfonamides is 1. The van der Waals surface area contributed by atoms with Gasteiger partial charge in [-0.25, -0.2) is 8.42 Å². The summed E-state index contributed by atoms with van der Waals surface area (Å²) in [5.41, 5.74) is 2.81. The molecule has 22 heavy (non-hydrogen) atoms. The van der Waals surface area contributed by atoms with E-state index in [2.05, 4.69) is 20.2 Å². The van der Waals surface area contributed by atoms with E-state index in [-0.39, 0.29) is 11.6 Å². The van der Waals surface area contributed by atoms with E-state index < -0.39 is 10.0 Å². The predicted molar refractivity (Wildman–Crippen MR) is 89.3 cm³/mol. The number of anilines is 3. The van der Waals surface area contributed by atoms with Crippen LogP contribution in [0.25, 0.3) is 0 Å². The number of hydrogen-bond donors (Lipinski definition) is 2. The van der Waals surface area contributed by atoms with Crippen molar-refractivity contribution in [2.24, 2.45) is 0 Å². The number of nitrogens with one attached hydrogen (secondary N) is 2. The van der Waals surface area contributed by atoms with Crippen LogP contribution < -0.4 is 10.0 Å². The van der Waals surface area contributed by atoms with E-state index in [9.17, 15) is 8.42 Å². The van der Waals surface area contributed by atoms with Crippen LogP contribution in [0.15, 0.2) is 24.3 Å². The number of halogens is 1. The van der Waals surface area contributed by atoms with E-state index in [0.717, 1.165) is 16.8 Å². The molecule has 6 nitrogen and oxygen atoms in total. The molecule has 0 saturated heterocycles. The Kier molecular flexibility index (Phi) is 4.87. The lowest BCUT2D eigenvalue weighted by Crippen LogP contribution is -2.15. The molecule has 0 atom stereocenters. The first kappa shape index (κ1) is 16.5. The molecule has 0 saturated carbocycles. The molecule has 0 aliphatic heterocycles. The molecule has 0 radical (unpaired) electrons. The molecule has 0 fully saturated rings. The third-order valence-corrected chi connectivity index (χ3v) is 4.57. The van der Waals surface area contributed by atoms with Crippen molar-refractivity contribution in [1.82, 2.24) is 10.2 Å². The lowest BCUT2D eigenvalue weighted by molar-refractivity contribution is 0.602. The quantitative estimate of drug-likeness (QED) is 0.872. The molecule has 1 heterocycles. The summed E-state index contributed by atoms with van der Waals surface area (Å²) in [6, 6.07) is 7.04. The molecule has 2 aromatic rings. The first-order chi connectivity index (χ1) is 10.3. The lowest BCUT2D eigenvalue weighted by atomic mass is 10.1. The fraction of sp³-hybridized carbons (Fsp3) is 0.286. The summed E-state index contributed by atoms with van der Waals surface area (Å²) in [4.78, 5) is 0. The minimum atomic E-state index is -3.36. The molecule has 0 spiro atoms. The van der Waals surface area contributed by atoms with Crippen LogP contribution in [0.1, 0.15) is 18.1 Å². The second kappa shape index (κ2) is 6.50. The van der Waals surface area contributed by atoms with E-state index >= 15 is 0 Å². The summed E-state index contributed by atoms with van der Waals surface area (Å²) >= 11 is 6.22. The van der Waals surface area contributed by atoms with Gasteiger partial charge in [0.1, 0.15) is 0 Å². The summed E-state index contributed by atoms with van der Waals surface area (Å²) in [7, 11) is -3.36. The number of aryl methyl sites for hydroxylation is 2. The van der Waals surface area contributed by atoms with Gasteiger partial charge in [-0.05, 0) is 50.1 Å². The van der Waals surface area contributed by atoms with E-state index in [1.807, 2.05) is 26.0 Å². The summed E-state index contributed by atoms with van der Waals surface area (Å²) in [5.74, 6) is 0.639. The van der Waals surface area contributed by atoms with Gasteiger partial charge in [0.25, 0.3) is 0 Å². The van der Waals surface area contributed by atoms with Crippen LogP contribution in [0.5, 0.6) is 0 Å². The zero-order valence-electron chi connectivity index (χ0n) is 12.5. The topological polar surface area (TPSA) is 84.0 Å². The Labute approximate surface area is 135 Å². The molecule has 0 unspecified atom stereocenters. The van der Waals surface area contributed by atoms with Gasteiger partial charge >= 0.3 is 0 Å². The minimum Gasteiger partial charge on any atom is -0.337 e. The van der Waals surface area contributed by atoms with E-state index in [4.69, 9.17) is 11.6 Å². The Morgan fingerprint density at radius 2 is 1.77 bits per heavy atom. The second-order valence-electron chi connectivity index (χ2n) is 4.87. The second-order valence-corrected chi connectivity index (χ2v) is 7.29. The van der Waals surface area contributed by atoms with Gasteiger partial charge in [-0.2, -0.15) is 0 Å². The molecule has 0 bridgehead atoms. The van der Waals surface area contributed by atoms with Crippen molar-refractivity contribution in [2.45, 2.75) is 20.8 Å². The number of hydrogen-bond acceptors (Lipinski definition) is 5. The van der Waals surface area contributed by atoms with E-state index in [1.165, 1.54) is 0 Å². The fourth-order valence-electron chi connectivity index (χ4n) is 1.89. The van der Waals surface area contributed by atoms with Crippen molar-refractivity contribution in [2.75, 3.05) is 15.8 Å². The summed E-state index contributed by atoms with van der Waals surface area (Å²) < 4.78 is 25.2. The normalized spacial score (nSPS) is 11.3. The van der Waals surface area contributed by atoms with Crippen molar-refractivity contribution < 1.29 is 8.42 Å². The minimum absolute atomic E-state index is 0.0210. The first-order valence-corrected chi connectivity index (χ1v) is 8.72. The predicted octanol–water partition coefficient (Wildman–Crippen LogP) is 3.25. The molecule has 0 aliphatic carbocycles.